The van der Waals surface area contributed by atoms with Gasteiger partial charge in [-0.25, -0.2) is 5.43 Å². The Bertz CT molecular complexity index is 325. The van der Waals surface area contributed by atoms with E-state index in [4.69, 9.17) is 16.3 Å². The zero-order valence-electron chi connectivity index (χ0n) is 8.79. The van der Waals surface area contributed by atoms with Crippen molar-refractivity contribution in [1.29, 1.82) is 0 Å². The van der Waals surface area contributed by atoms with E-state index in [0.29, 0.717) is 0 Å². The van der Waals surface area contributed by atoms with Crippen LogP contribution < -0.4 is 21.7 Å². The summed E-state index contributed by atoms with van der Waals surface area (Å²) in [6.07, 6.45) is -0.399. The Morgan fingerprint density at radius 3 is 2.36 bits per heavy atom. The summed E-state index contributed by atoms with van der Waals surface area (Å²) in [5, 5.41) is 0. The Balaban J connectivity index is 3.19. The third-order valence-corrected chi connectivity index (χ3v) is 2.36. The maximum Gasteiger partial charge on any atom is 0.125 e. The fourth-order valence-electron chi connectivity index (χ4n) is 1.32. The van der Waals surface area contributed by atoms with Crippen molar-refractivity contribution in [2.24, 2.45) is 11.6 Å². The van der Waals surface area contributed by atoms with Gasteiger partial charge in [0.1, 0.15) is 5.75 Å². The van der Waals surface area contributed by atoms with Crippen LogP contribution in [0.5, 0.6) is 5.75 Å². The normalized spacial score (nSPS) is 12.6. The SMILES string of the molecule is COc1cc(C)c(C)cc1C(N)NN. The molecule has 0 aliphatic carbocycles. The van der Waals surface area contributed by atoms with E-state index in [0.717, 1.165) is 11.3 Å². The van der Waals surface area contributed by atoms with Gasteiger partial charge in [-0.3, -0.25) is 5.84 Å². The second-order valence-electron chi connectivity index (χ2n) is 3.32. The standard InChI is InChI=1S/C10H17N3O/c1-6-4-8(10(11)13-12)9(14-3)5-7(6)2/h4-5,10,13H,11-12H2,1-3H3. The van der Waals surface area contributed by atoms with E-state index in [2.05, 4.69) is 5.43 Å². The summed E-state index contributed by atoms with van der Waals surface area (Å²) in [6.45, 7) is 4.06. The fraction of sp³-hybridized carbons (Fsp3) is 0.400. The van der Waals surface area contributed by atoms with Gasteiger partial charge >= 0.3 is 0 Å². The Labute approximate surface area is 84.2 Å². The highest BCUT2D eigenvalue weighted by Gasteiger charge is 2.11. The van der Waals surface area contributed by atoms with Crippen molar-refractivity contribution in [3.63, 3.8) is 0 Å². The topological polar surface area (TPSA) is 73.3 Å². The molecule has 0 saturated carbocycles. The molecule has 0 bridgehead atoms. The lowest BCUT2D eigenvalue weighted by atomic mass is 10.0. The van der Waals surface area contributed by atoms with Crippen LogP contribution in [0.4, 0.5) is 0 Å². The summed E-state index contributed by atoms with van der Waals surface area (Å²) in [5.41, 5.74) is 11.5. The lowest BCUT2D eigenvalue weighted by Gasteiger charge is -2.16. The van der Waals surface area contributed by atoms with E-state index in [9.17, 15) is 0 Å². The molecule has 0 amide bonds. The molecule has 4 nitrogen and oxygen atoms in total. The third-order valence-electron chi connectivity index (χ3n) is 2.36. The monoisotopic (exact) mass is 195 g/mol. The fourth-order valence-corrected chi connectivity index (χ4v) is 1.32. The molecule has 14 heavy (non-hydrogen) atoms. The minimum absolute atomic E-state index is 0.399. The highest BCUT2D eigenvalue weighted by Crippen LogP contribution is 2.25. The van der Waals surface area contributed by atoms with Crippen molar-refractivity contribution >= 4 is 0 Å². The first-order valence-corrected chi connectivity index (χ1v) is 4.47. The number of ether oxygens (including phenoxy) is 1. The molecule has 1 aromatic rings. The van der Waals surface area contributed by atoms with Crippen molar-refractivity contribution in [2.75, 3.05) is 7.11 Å². The van der Waals surface area contributed by atoms with Gasteiger partial charge in [-0.2, -0.15) is 0 Å². The van der Waals surface area contributed by atoms with Crippen molar-refractivity contribution < 1.29 is 4.74 Å². The number of hydrogen-bond acceptors (Lipinski definition) is 4. The Hall–Kier alpha value is -1.10. The van der Waals surface area contributed by atoms with Crippen molar-refractivity contribution in [1.82, 2.24) is 5.43 Å². The van der Waals surface area contributed by atoms with Gasteiger partial charge < -0.3 is 10.5 Å². The Kier molecular flexibility index (Phi) is 3.46. The number of nitrogens with one attached hydrogen (secondary N) is 1. The van der Waals surface area contributed by atoms with Gasteiger partial charge in [0.05, 0.1) is 13.3 Å². The zero-order chi connectivity index (χ0) is 10.7. The van der Waals surface area contributed by atoms with E-state index in [-0.39, 0.29) is 0 Å². The molecule has 0 spiro atoms. The molecule has 1 unspecified atom stereocenters. The van der Waals surface area contributed by atoms with Gasteiger partial charge in [0, 0.05) is 5.56 Å². The van der Waals surface area contributed by atoms with Gasteiger partial charge in [-0.05, 0) is 37.1 Å². The smallest absolute Gasteiger partial charge is 0.125 e. The summed E-state index contributed by atoms with van der Waals surface area (Å²) < 4.78 is 5.23. The van der Waals surface area contributed by atoms with E-state index in [1.165, 1.54) is 11.1 Å². The van der Waals surface area contributed by atoms with Crippen LogP contribution in [-0.4, -0.2) is 7.11 Å². The van der Waals surface area contributed by atoms with E-state index < -0.39 is 6.17 Å². The number of methoxy groups -OCH3 is 1. The van der Waals surface area contributed by atoms with Crippen molar-refractivity contribution in [3.05, 3.63) is 28.8 Å². The molecule has 1 aromatic carbocycles. The summed E-state index contributed by atoms with van der Waals surface area (Å²) in [4.78, 5) is 0. The average Bonchev–Trinajstić information content (AvgIpc) is 2.20. The average molecular weight is 195 g/mol. The first-order chi connectivity index (χ1) is 6.60. The van der Waals surface area contributed by atoms with Crippen LogP contribution in [0.1, 0.15) is 22.9 Å². The molecule has 0 saturated heterocycles. The molecule has 1 atom stereocenters. The molecular formula is C10H17N3O. The highest BCUT2D eigenvalue weighted by atomic mass is 16.5. The summed E-state index contributed by atoms with van der Waals surface area (Å²) in [5.74, 6) is 6.05. The first kappa shape index (κ1) is 11.0. The Morgan fingerprint density at radius 1 is 1.29 bits per heavy atom. The molecule has 78 valence electrons. The maximum absolute atomic E-state index is 5.77. The van der Waals surface area contributed by atoms with Crippen LogP contribution in [0.3, 0.4) is 0 Å². The first-order valence-electron chi connectivity index (χ1n) is 4.47. The molecular weight excluding hydrogens is 178 g/mol. The lowest BCUT2D eigenvalue weighted by Crippen LogP contribution is -2.34. The molecule has 1 rings (SSSR count). The minimum atomic E-state index is -0.399. The predicted molar refractivity (Wildman–Crippen MR) is 56.7 cm³/mol. The van der Waals surface area contributed by atoms with Crippen LogP contribution in [-0.2, 0) is 0 Å². The van der Waals surface area contributed by atoms with Gasteiger partial charge in [0.15, 0.2) is 0 Å². The summed E-state index contributed by atoms with van der Waals surface area (Å²) in [6, 6.07) is 3.94. The van der Waals surface area contributed by atoms with Crippen LogP contribution in [0.2, 0.25) is 0 Å². The molecule has 0 heterocycles. The Morgan fingerprint density at radius 2 is 1.86 bits per heavy atom. The second kappa shape index (κ2) is 4.41. The number of benzene rings is 1. The molecule has 0 aliphatic rings. The number of aryl methyl sites for hydroxylation is 2. The number of hydrazine groups is 1. The summed E-state index contributed by atoms with van der Waals surface area (Å²) >= 11 is 0. The molecule has 4 heteroatoms. The highest BCUT2D eigenvalue weighted by molar-refractivity contribution is 5.43. The number of hydrogen-bond donors (Lipinski definition) is 3. The molecule has 0 fully saturated rings. The largest absolute Gasteiger partial charge is 0.496 e. The number of nitrogens with two attached hydrogens (primary N) is 2. The van der Waals surface area contributed by atoms with Crippen molar-refractivity contribution in [3.8, 4) is 5.75 Å². The van der Waals surface area contributed by atoms with Gasteiger partial charge in [-0.1, -0.05) is 0 Å². The van der Waals surface area contributed by atoms with Crippen LogP contribution in [0.15, 0.2) is 12.1 Å². The maximum atomic E-state index is 5.77. The van der Waals surface area contributed by atoms with Crippen LogP contribution >= 0.6 is 0 Å². The number of rotatable bonds is 3. The molecule has 0 aromatic heterocycles. The second-order valence-corrected chi connectivity index (χ2v) is 3.32. The van der Waals surface area contributed by atoms with Crippen LogP contribution in [0.25, 0.3) is 0 Å². The lowest BCUT2D eigenvalue weighted by molar-refractivity contribution is 0.400. The zero-order valence-corrected chi connectivity index (χ0v) is 8.79. The van der Waals surface area contributed by atoms with E-state index >= 15 is 0 Å². The molecule has 5 N–H and O–H groups in total. The van der Waals surface area contributed by atoms with E-state index in [1.807, 2.05) is 26.0 Å². The molecule has 0 radical (unpaired) electrons. The predicted octanol–water partition coefficient (Wildman–Crippen LogP) is 0.733. The quantitative estimate of drug-likeness (QED) is 0.378. The van der Waals surface area contributed by atoms with E-state index in [1.54, 1.807) is 7.11 Å². The minimum Gasteiger partial charge on any atom is -0.496 e. The van der Waals surface area contributed by atoms with Crippen LogP contribution in [0, 0.1) is 13.8 Å². The third kappa shape index (κ3) is 2.04. The summed E-state index contributed by atoms with van der Waals surface area (Å²) in [7, 11) is 1.62. The van der Waals surface area contributed by atoms with Gasteiger partial charge in [0.2, 0.25) is 0 Å². The van der Waals surface area contributed by atoms with Crippen molar-refractivity contribution in [2.45, 2.75) is 20.0 Å². The van der Waals surface area contributed by atoms with Gasteiger partial charge in [0.25, 0.3) is 0 Å². The van der Waals surface area contributed by atoms with Gasteiger partial charge in [-0.15, -0.1) is 0 Å². The molecule has 0 aliphatic heterocycles.